The van der Waals surface area contributed by atoms with Gasteiger partial charge in [-0.25, -0.2) is 0 Å². The van der Waals surface area contributed by atoms with Gasteiger partial charge in [-0.3, -0.25) is 0 Å². The van der Waals surface area contributed by atoms with Crippen molar-refractivity contribution in [3.8, 4) is 16.9 Å². The Morgan fingerprint density at radius 2 is 1.54 bits per heavy atom. The fourth-order valence-electron chi connectivity index (χ4n) is 3.12. The van der Waals surface area contributed by atoms with Gasteiger partial charge in [-0.15, -0.1) is 0 Å². The lowest BCUT2D eigenvalue weighted by Gasteiger charge is -2.11. The lowest BCUT2D eigenvalue weighted by molar-refractivity contribution is 0.261. The van der Waals surface area contributed by atoms with Gasteiger partial charge in [0.15, 0.2) is 0 Å². The lowest BCUT2D eigenvalue weighted by atomic mass is 9.96. The number of hydrogen-bond acceptors (Lipinski definition) is 2. The van der Waals surface area contributed by atoms with Crippen molar-refractivity contribution in [3.63, 3.8) is 0 Å². The predicted octanol–water partition coefficient (Wildman–Crippen LogP) is 5.94. The van der Waals surface area contributed by atoms with E-state index in [2.05, 4.69) is 97.9 Å². The predicted molar refractivity (Wildman–Crippen MR) is 120 cm³/mol. The Kier molecular flexibility index (Phi) is 7.45. The summed E-state index contributed by atoms with van der Waals surface area (Å²) in [5.41, 5.74) is 5.21. The highest BCUT2D eigenvalue weighted by atomic mass is 16.5. The molecule has 0 aliphatic heterocycles. The highest BCUT2D eigenvalue weighted by Gasteiger charge is 2.03. The van der Waals surface area contributed by atoms with Crippen LogP contribution in [-0.4, -0.2) is 32.1 Å². The number of hydrogen-bond donors (Lipinski definition) is 0. The van der Waals surface area contributed by atoms with Crippen molar-refractivity contribution in [1.82, 2.24) is 4.90 Å². The summed E-state index contributed by atoms with van der Waals surface area (Å²) in [6.07, 6.45) is 6.50. The van der Waals surface area contributed by atoms with Gasteiger partial charge in [0.2, 0.25) is 0 Å². The third kappa shape index (κ3) is 6.11. The molecule has 3 aromatic carbocycles. The van der Waals surface area contributed by atoms with E-state index < -0.39 is 0 Å². The normalized spacial score (nSPS) is 11.2. The molecule has 0 saturated heterocycles. The Balaban J connectivity index is 1.53. The molecule has 0 radical (unpaired) electrons. The molecule has 144 valence electrons. The van der Waals surface area contributed by atoms with E-state index in [1.807, 2.05) is 12.1 Å². The Morgan fingerprint density at radius 1 is 0.821 bits per heavy atom. The molecule has 0 fully saturated rings. The van der Waals surface area contributed by atoms with E-state index in [1.54, 1.807) is 0 Å². The molecule has 0 aromatic heterocycles. The van der Waals surface area contributed by atoms with Crippen LogP contribution in [0, 0.1) is 0 Å². The molecule has 0 unspecified atom stereocenters. The van der Waals surface area contributed by atoms with Gasteiger partial charge in [0.25, 0.3) is 0 Å². The minimum absolute atomic E-state index is 0.711. The third-order valence-corrected chi connectivity index (χ3v) is 4.68. The zero-order chi connectivity index (χ0) is 19.6. The van der Waals surface area contributed by atoms with Crippen LogP contribution in [0.25, 0.3) is 17.2 Å². The molecule has 2 nitrogen and oxygen atoms in total. The van der Waals surface area contributed by atoms with E-state index in [4.69, 9.17) is 4.74 Å². The first kappa shape index (κ1) is 19.9. The van der Waals surface area contributed by atoms with Crippen molar-refractivity contribution in [3.05, 3.63) is 96.1 Å². The number of rotatable bonds is 9. The van der Waals surface area contributed by atoms with E-state index in [-0.39, 0.29) is 0 Å². The fourth-order valence-corrected chi connectivity index (χ4v) is 3.12. The molecule has 0 aliphatic rings. The van der Waals surface area contributed by atoms with E-state index in [1.165, 1.54) is 22.3 Å². The van der Waals surface area contributed by atoms with Crippen LogP contribution in [0.4, 0.5) is 0 Å². The van der Waals surface area contributed by atoms with Crippen LogP contribution in [0.1, 0.15) is 17.5 Å². The number of aryl methyl sites for hydroxylation is 1. The second-order valence-corrected chi connectivity index (χ2v) is 7.18. The molecule has 0 spiro atoms. The van der Waals surface area contributed by atoms with Gasteiger partial charge in [-0.05, 0) is 61.3 Å². The van der Waals surface area contributed by atoms with E-state index >= 15 is 0 Å². The topological polar surface area (TPSA) is 12.5 Å². The summed E-state index contributed by atoms with van der Waals surface area (Å²) in [6.45, 7) is 1.63. The number of nitrogens with zero attached hydrogens (tertiary/aromatic N) is 1. The Labute approximate surface area is 169 Å². The summed E-state index contributed by atoms with van der Waals surface area (Å²) < 4.78 is 5.74. The van der Waals surface area contributed by atoms with E-state index in [9.17, 15) is 0 Å². The molecule has 0 aliphatic carbocycles. The van der Waals surface area contributed by atoms with Crippen molar-refractivity contribution < 1.29 is 4.74 Å². The second-order valence-electron chi connectivity index (χ2n) is 7.18. The molecule has 28 heavy (non-hydrogen) atoms. The van der Waals surface area contributed by atoms with Gasteiger partial charge in [-0.1, -0.05) is 78.9 Å². The van der Waals surface area contributed by atoms with Crippen molar-refractivity contribution in [2.24, 2.45) is 0 Å². The molecule has 0 amide bonds. The van der Waals surface area contributed by atoms with Crippen LogP contribution in [-0.2, 0) is 6.42 Å². The van der Waals surface area contributed by atoms with E-state index in [0.717, 1.165) is 25.1 Å². The fraction of sp³-hybridized carbons (Fsp3) is 0.231. The number of benzene rings is 3. The van der Waals surface area contributed by atoms with Crippen LogP contribution < -0.4 is 4.74 Å². The molecule has 0 atom stereocenters. The first-order valence-electron chi connectivity index (χ1n) is 9.90. The van der Waals surface area contributed by atoms with Crippen molar-refractivity contribution >= 4 is 6.08 Å². The minimum atomic E-state index is 0.711. The van der Waals surface area contributed by atoms with Crippen LogP contribution in [0.15, 0.2) is 84.9 Å². The monoisotopic (exact) mass is 371 g/mol. The maximum Gasteiger partial charge on any atom is 0.119 e. The molecule has 2 heteroatoms. The smallest absolute Gasteiger partial charge is 0.119 e. The largest absolute Gasteiger partial charge is 0.492 e. The molecular weight excluding hydrogens is 342 g/mol. The van der Waals surface area contributed by atoms with Gasteiger partial charge >= 0.3 is 0 Å². The lowest BCUT2D eigenvalue weighted by Crippen LogP contribution is -2.19. The average Bonchev–Trinajstić information content (AvgIpc) is 2.73. The molecule has 0 N–H and O–H groups in total. The van der Waals surface area contributed by atoms with Crippen molar-refractivity contribution in [2.45, 2.75) is 12.8 Å². The molecule has 0 bridgehead atoms. The van der Waals surface area contributed by atoms with Gasteiger partial charge in [0.05, 0.1) is 0 Å². The summed E-state index contributed by atoms with van der Waals surface area (Å²) in [7, 11) is 4.10. The van der Waals surface area contributed by atoms with Crippen LogP contribution in [0.2, 0.25) is 0 Å². The highest BCUT2D eigenvalue weighted by molar-refractivity contribution is 5.67. The quantitative estimate of drug-likeness (QED) is 0.461. The maximum absolute atomic E-state index is 5.74. The van der Waals surface area contributed by atoms with Crippen molar-refractivity contribution in [2.75, 3.05) is 27.2 Å². The zero-order valence-electron chi connectivity index (χ0n) is 16.8. The van der Waals surface area contributed by atoms with Crippen LogP contribution in [0.5, 0.6) is 5.75 Å². The van der Waals surface area contributed by atoms with Gasteiger partial charge in [-0.2, -0.15) is 0 Å². The summed E-state index contributed by atoms with van der Waals surface area (Å²) >= 11 is 0. The summed E-state index contributed by atoms with van der Waals surface area (Å²) in [5, 5.41) is 0. The maximum atomic E-state index is 5.74. The summed E-state index contributed by atoms with van der Waals surface area (Å²) in [5.74, 6) is 0.927. The van der Waals surface area contributed by atoms with E-state index in [0.29, 0.717) is 6.61 Å². The van der Waals surface area contributed by atoms with Gasteiger partial charge < -0.3 is 9.64 Å². The van der Waals surface area contributed by atoms with Crippen molar-refractivity contribution in [1.29, 1.82) is 0 Å². The Morgan fingerprint density at radius 3 is 2.29 bits per heavy atom. The highest BCUT2D eigenvalue weighted by Crippen LogP contribution is 2.24. The number of ether oxygens (including phenoxy) is 1. The minimum Gasteiger partial charge on any atom is -0.492 e. The standard InChI is InChI=1S/C26H29NO/c1-27(2)20-21-28-25-18-16-22(17-19-25)10-6-7-13-24-14-8-9-15-26(24)23-11-4-3-5-12-23/h3-6,8-12,14-19H,7,13,20-21H2,1-2H3/b10-6-. The Hall–Kier alpha value is -2.84. The first-order valence-corrected chi connectivity index (χ1v) is 9.90. The Bertz CT molecular complexity index is 866. The van der Waals surface area contributed by atoms with Crippen LogP contribution >= 0.6 is 0 Å². The third-order valence-electron chi connectivity index (χ3n) is 4.68. The molecule has 0 saturated carbocycles. The SMILES string of the molecule is CN(C)CCOc1ccc(/C=C\CCc2ccccc2-c2ccccc2)cc1. The number of allylic oxidation sites excluding steroid dienone is 1. The first-order chi connectivity index (χ1) is 13.7. The average molecular weight is 372 g/mol. The number of likely N-dealkylation sites (N-methyl/N-ethyl adjacent to an activating group) is 1. The van der Waals surface area contributed by atoms with Gasteiger partial charge in [0.1, 0.15) is 12.4 Å². The van der Waals surface area contributed by atoms with Gasteiger partial charge in [0, 0.05) is 6.54 Å². The molecule has 3 aromatic rings. The molecule has 0 heterocycles. The molecule has 3 rings (SSSR count). The second kappa shape index (κ2) is 10.5. The zero-order valence-corrected chi connectivity index (χ0v) is 16.8. The van der Waals surface area contributed by atoms with Crippen LogP contribution in [0.3, 0.4) is 0 Å². The summed E-state index contributed by atoms with van der Waals surface area (Å²) in [4.78, 5) is 2.12. The molecular formula is C26H29NO. The summed E-state index contributed by atoms with van der Waals surface area (Å²) in [6, 6.07) is 27.6.